The molecule has 0 saturated carbocycles. The summed E-state index contributed by atoms with van der Waals surface area (Å²) in [5.41, 5.74) is 10.8. The van der Waals surface area contributed by atoms with Gasteiger partial charge in [0.15, 0.2) is 0 Å². The van der Waals surface area contributed by atoms with E-state index in [1.165, 1.54) is 16.7 Å². The Hall–Kier alpha value is -1.05. The van der Waals surface area contributed by atoms with Crippen molar-refractivity contribution < 1.29 is 0 Å². The van der Waals surface area contributed by atoms with Crippen molar-refractivity contribution in [3.05, 3.63) is 22.4 Å². The van der Waals surface area contributed by atoms with Crippen molar-refractivity contribution in [3.8, 4) is 0 Å². The zero-order valence-corrected chi connectivity index (χ0v) is 10.0. The molecule has 1 aromatic heterocycles. The van der Waals surface area contributed by atoms with E-state index in [0.717, 1.165) is 5.69 Å². The predicted molar refractivity (Wildman–Crippen MR) is 61.6 cm³/mol. The molecule has 0 aliphatic rings. The maximum Gasteiger partial charge on any atom is 0.127 e. The van der Waals surface area contributed by atoms with Gasteiger partial charge in [-0.2, -0.15) is 0 Å². The predicted octanol–water partition coefficient (Wildman–Crippen LogP) is 2.89. The van der Waals surface area contributed by atoms with Gasteiger partial charge < -0.3 is 5.73 Å². The number of pyridine rings is 1. The minimum absolute atomic E-state index is 0.0691. The van der Waals surface area contributed by atoms with Crippen molar-refractivity contribution in [1.82, 2.24) is 4.98 Å². The maximum atomic E-state index is 5.97. The Morgan fingerprint density at radius 2 is 1.50 bits per heavy atom. The fourth-order valence-corrected chi connectivity index (χ4v) is 1.92. The van der Waals surface area contributed by atoms with Crippen molar-refractivity contribution in [3.63, 3.8) is 0 Å². The molecule has 0 aromatic carbocycles. The van der Waals surface area contributed by atoms with Gasteiger partial charge in [0.25, 0.3) is 0 Å². The van der Waals surface area contributed by atoms with Crippen molar-refractivity contribution in [1.29, 1.82) is 0 Å². The van der Waals surface area contributed by atoms with Gasteiger partial charge in [-0.1, -0.05) is 20.8 Å². The average Bonchev–Trinajstić information content (AvgIpc) is 1.97. The molecule has 0 unspecified atom stereocenters. The fraction of sp³-hybridized carbons (Fsp3) is 0.583. The molecule has 0 amide bonds. The third-order valence-corrected chi connectivity index (χ3v) is 2.77. The zero-order chi connectivity index (χ0) is 11.1. The molecule has 1 heterocycles. The van der Waals surface area contributed by atoms with Crippen molar-refractivity contribution >= 4 is 5.82 Å². The molecule has 78 valence electrons. The van der Waals surface area contributed by atoms with E-state index in [1.807, 2.05) is 6.92 Å². The van der Waals surface area contributed by atoms with E-state index in [4.69, 9.17) is 5.73 Å². The maximum absolute atomic E-state index is 5.97. The van der Waals surface area contributed by atoms with Crippen LogP contribution in [-0.2, 0) is 5.41 Å². The summed E-state index contributed by atoms with van der Waals surface area (Å²) in [6, 6.07) is 0. The SMILES string of the molecule is Cc1nc(N)c(C(C)(C)C)c(C)c1C. The molecule has 0 saturated heterocycles. The van der Waals surface area contributed by atoms with E-state index in [1.54, 1.807) is 0 Å². The van der Waals surface area contributed by atoms with Crippen molar-refractivity contribution in [2.75, 3.05) is 5.73 Å². The second kappa shape index (κ2) is 3.26. The summed E-state index contributed by atoms with van der Waals surface area (Å²) in [6.07, 6.45) is 0. The third kappa shape index (κ3) is 1.74. The van der Waals surface area contributed by atoms with E-state index in [9.17, 15) is 0 Å². The lowest BCUT2D eigenvalue weighted by atomic mass is 9.83. The largest absolute Gasteiger partial charge is 0.383 e. The molecule has 0 bridgehead atoms. The number of nitrogens with zero attached hydrogens (tertiary/aromatic N) is 1. The Bertz CT molecular complexity index is 360. The second-order valence-electron chi connectivity index (χ2n) is 4.96. The minimum atomic E-state index is 0.0691. The van der Waals surface area contributed by atoms with Crippen LogP contribution in [0.3, 0.4) is 0 Å². The lowest BCUT2D eigenvalue weighted by Gasteiger charge is -2.24. The quantitative estimate of drug-likeness (QED) is 0.686. The van der Waals surface area contributed by atoms with Gasteiger partial charge >= 0.3 is 0 Å². The normalized spacial score (nSPS) is 11.9. The Labute approximate surface area is 86.5 Å². The molecule has 1 rings (SSSR count). The van der Waals surface area contributed by atoms with Gasteiger partial charge in [0.1, 0.15) is 5.82 Å². The number of hydrogen-bond acceptors (Lipinski definition) is 2. The molecule has 2 heteroatoms. The van der Waals surface area contributed by atoms with E-state index in [2.05, 4.69) is 39.6 Å². The van der Waals surface area contributed by atoms with Crippen LogP contribution < -0.4 is 5.73 Å². The van der Waals surface area contributed by atoms with Crippen LogP contribution in [0.25, 0.3) is 0 Å². The molecule has 2 N–H and O–H groups in total. The average molecular weight is 192 g/mol. The molecule has 0 aliphatic heterocycles. The highest BCUT2D eigenvalue weighted by atomic mass is 14.8. The number of hydrogen-bond donors (Lipinski definition) is 1. The molecule has 1 aromatic rings. The molecule has 0 radical (unpaired) electrons. The van der Waals surface area contributed by atoms with Crippen molar-refractivity contribution in [2.45, 2.75) is 47.0 Å². The van der Waals surface area contributed by atoms with E-state index < -0.39 is 0 Å². The van der Waals surface area contributed by atoms with Gasteiger partial charge in [0.05, 0.1) is 0 Å². The Morgan fingerprint density at radius 3 is 1.93 bits per heavy atom. The standard InChI is InChI=1S/C12H20N2/c1-7-8(2)10(12(4,5)6)11(13)14-9(7)3/h1-6H3,(H2,13,14). The van der Waals surface area contributed by atoms with Gasteiger partial charge in [-0.25, -0.2) is 4.98 Å². The van der Waals surface area contributed by atoms with Crippen LogP contribution in [0.2, 0.25) is 0 Å². The van der Waals surface area contributed by atoms with Gasteiger partial charge in [-0.05, 0) is 37.3 Å². The highest BCUT2D eigenvalue weighted by Gasteiger charge is 2.22. The molecular formula is C12H20N2. The second-order valence-corrected chi connectivity index (χ2v) is 4.96. The first-order chi connectivity index (χ1) is 6.25. The summed E-state index contributed by atoms with van der Waals surface area (Å²) in [4.78, 5) is 4.38. The van der Waals surface area contributed by atoms with E-state index in [0.29, 0.717) is 5.82 Å². The topological polar surface area (TPSA) is 38.9 Å². The lowest BCUT2D eigenvalue weighted by molar-refractivity contribution is 0.585. The van der Waals surface area contributed by atoms with Gasteiger partial charge in [0.2, 0.25) is 0 Å². The number of aromatic nitrogens is 1. The summed E-state index contributed by atoms with van der Waals surface area (Å²) < 4.78 is 0. The molecule has 14 heavy (non-hydrogen) atoms. The van der Waals surface area contributed by atoms with Crippen LogP contribution in [0.1, 0.15) is 43.2 Å². The number of anilines is 1. The van der Waals surface area contributed by atoms with E-state index in [-0.39, 0.29) is 5.41 Å². The number of aryl methyl sites for hydroxylation is 1. The fourth-order valence-electron chi connectivity index (χ4n) is 1.92. The summed E-state index contributed by atoms with van der Waals surface area (Å²) in [5.74, 6) is 0.679. The first kappa shape index (κ1) is 11.0. The summed E-state index contributed by atoms with van der Waals surface area (Å²) >= 11 is 0. The molecule has 0 aliphatic carbocycles. The Balaban J connectivity index is 3.53. The van der Waals surface area contributed by atoms with Crippen LogP contribution >= 0.6 is 0 Å². The number of rotatable bonds is 0. The zero-order valence-electron chi connectivity index (χ0n) is 10.0. The smallest absolute Gasteiger partial charge is 0.127 e. The highest BCUT2D eigenvalue weighted by Crippen LogP contribution is 2.31. The van der Waals surface area contributed by atoms with Crippen LogP contribution in [0.5, 0.6) is 0 Å². The van der Waals surface area contributed by atoms with E-state index >= 15 is 0 Å². The van der Waals surface area contributed by atoms with Crippen LogP contribution in [0.15, 0.2) is 0 Å². The third-order valence-electron chi connectivity index (χ3n) is 2.77. The molecule has 2 nitrogen and oxygen atoms in total. The van der Waals surface area contributed by atoms with Crippen molar-refractivity contribution in [2.24, 2.45) is 0 Å². The van der Waals surface area contributed by atoms with Gasteiger partial charge in [-0.15, -0.1) is 0 Å². The summed E-state index contributed by atoms with van der Waals surface area (Å²) in [6.45, 7) is 12.7. The molecule has 0 spiro atoms. The summed E-state index contributed by atoms with van der Waals surface area (Å²) in [5, 5.41) is 0. The number of nitrogen functional groups attached to an aromatic ring is 1. The Kier molecular flexibility index (Phi) is 2.57. The monoisotopic (exact) mass is 192 g/mol. The Morgan fingerprint density at radius 1 is 1.00 bits per heavy atom. The molecular weight excluding hydrogens is 172 g/mol. The van der Waals surface area contributed by atoms with Gasteiger partial charge in [0, 0.05) is 11.3 Å². The van der Waals surface area contributed by atoms with Crippen LogP contribution in [0, 0.1) is 20.8 Å². The highest BCUT2D eigenvalue weighted by molar-refractivity contribution is 5.52. The lowest BCUT2D eigenvalue weighted by Crippen LogP contribution is -2.18. The number of nitrogens with two attached hydrogens (primary N) is 1. The minimum Gasteiger partial charge on any atom is -0.383 e. The van der Waals surface area contributed by atoms with Crippen LogP contribution in [0.4, 0.5) is 5.82 Å². The molecule has 0 fully saturated rings. The first-order valence-electron chi connectivity index (χ1n) is 4.99. The van der Waals surface area contributed by atoms with Crippen LogP contribution in [-0.4, -0.2) is 4.98 Å². The first-order valence-corrected chi connectivity index (χ1v) is 4.99. The molecule has 0 atom stereocenters. The summed E-state index contributed by atoms with van der Waals surface area (Å²) in [7, 11) is 0. The van der Waals surface area contributed by atoms with Gasteiger partial charge in [-0.3, -0.25) is 0 Å².